The summed E-state index contributed by atoms with van der Waals surface area (Å²) in [4.78, 5) is 19.1. The molecule has 7 rings (SSSR count). The summed E-state index contributed by atoms with van der Waals surface area (Å²) < 4.78 is 5.75. The molecule has 2 heterocycles. The van der Waals surface area contributed by atoms with Crippen LogP contribution in [0.15, 0.2) is 115 Å². The molecule has 4 aromatic carbocycles. The third-order valence-corrected chi connectivity index (χ3v) is 10.1. The maximum absolute atomic E-state index is 14.1. The predicted molar refractivity (Wildman–Crippen MR) is 167 cm³/mol. The first-order chi connectivity index (χ1) is 21.0. The Hall–Kier alpha value is -4.39. The van der Waals surface area contributed by atoms with E-state index in [-0.39, 0.29) is 17.7 Å². The van der Waals surface area contributed by atoms with Crippen LogP contribution >= 0.6 is 0 Å². The van der Waals surface area contributed by atoms with Crippen LogP contribution in [0.4, 0.5) is 0 Å². The number of carbonyl (C=O) groups excluding carboxylic acids is 1. The summed E-state index contributed by atoms with van der Waals surface area (Å²) in [5.74, 6) is -0.145. The van der Waals surface area contributed by atoms with Crippen LogP contribution < -0.4 is 4.74 Å². The fraction of sp³-hybridized carbons (Fsp3) is 0.270. The van der Waals surface area contributed by atoms with Crippen molar-refractivity contribution in [3.8, 4) is 5.75 Å². The number of nitrogens with zero attached hydrogens (tertiary/aromatic N) is 1. The highest BCUT2D eigenvalue weighted by Crippen LogP contribution is 2.60. The molecule has 1 amide bonds. The van der Waals surface area contributed by atoms with E-state index in [1.807, 2.05) is 60.7 Å². The Bertz CT molecular complexity index is 1710. The van der Waals surface area contributed by atoms with Crippen LogP contribution in [0.2, 0.25) is 0 Å². The zero-order chi connectivity index (χ0) is 29.6. The van der Waals surface area contributed by atoms with Crippen LogP contribution in [0.3, 0.4) is 0 Å². The average molecular weight is 573 g/mol. The second-order valence-electron chi connectivity index (χ2n) is 12.0. The van der Waals surface area contributed by atoms with E-state index in [1.165, 1.54) is 11.1 Å². The monoisotopic (exact) mass is 572 g/mol. The Kier molecular flexibility index (Phi) is 6.83. The number of methoxy groups -OCH3 is 1. The minimum Gasteiger partial charge on any atom is -0.496 e. The van der Waals surface area contributed by atoms with Crippen LogP contribution in [-0.4, -0.2) is 46.2 Å². The van der Waals surface area contributed by atoms with Gasteiger partial charge in [0.05, 0.1) is 12.7 Å². The number of aromatic nitrogens is 1. The fourth-order valence-corrected chi connectivity index (χ4v) is 8.04. The molecule has 218 valence electrons. The van der Waals surface area contributed by atoms with E-state index in [2.05, 4.69) is 53.5 Å². The summed E-state index contributed by atoms with van der Waals surface area (Å²) >= 11 is 0. The zero-order valence-corrected chi connectivity index (χ0v) is 24.2. The fourth-order valence-electron chi connectivity index (χ4n) is 8.04. The van der Waals surface area contributed by atoms with Gasteiger partial charge in [-0.15, -0.1) is 0 Å². The number of para-hydroxylation sites is 2. The van der Waals surface area contributed by atoms with Crippen molar-refractivity contribution in [1.29, 1.82) is 0 Å². The molecule has 0 bridgehead atoms. The summed E-state index contributed by atoms with van der Waals surface area (Å²) in [6, 6.07) is 36.3. The standard InChI is InChI=1S/C37H36N2O4/c1-43-33-19-11-9-17-29(33)37(42)21-20-36(25-12-4-2-5-13-25,26-14-6-3-7-15-26)30-23-39(24-31(30)37)35(41)34(40)28-22-38-32-18-10-8-16-27(28)32/h2-19,22,30-31,34,38,40,42H,20-21,23-24H2,1H3/t30-,31+,34-,37+/m0/s1. The Labute approximate surface area is 251 Å². The summed E-state index contributed by atoms with van der Waals surface area (Å²) in [7, 11) is 1.63. The Morgan fingerprint density at radius 3 is 2.14 bits per heavy atom. The van der Waals surface area contributed by atoms with Gasteiger partial charge in [0.2, 0.25) is 0 Å². The zero-order valence-electron chi connectivity index (χ0n) is 24.2. The number of hydrogen-bond donors (Lipinski definition) is 3. The van der Waals surface area contributed by atoms with Gasteiger partial charge in [-0.1, -0.05) is 97.1 Å². The van der Waals surface area contributed by atoms with Crippen LogP contribution in [0.25, 0.3) is 10.9 Å². The SMILES string of the molecule is COc1ccccc1[C@]1(O)CCC(c2ccccc2)(c2ccccc2)[C@H]2CN(C(=O)[C@@H](O)c3c[nH]c4ccccc34)C[C@H]21. The third kappa shape index (κ3) is 4.28. The van der Waals surface area contributed by atoms with Crippen LogP contribution in [0.1, 0.15) is 41.2 Å². The number of aliphatic hydroxyl groups is 2. The second-order valence-corrected chi connectivity index (χ2v) is 12.0. The van der Waals surface area contributed by atoms with Gasteiger partial charge in [0.25, 0.3) is 5.91 Å². The summed E-state index contributed by atoms with van der Waals surface area (Å²) in [6.07, 6.45) is 1.58. The van der Waals surface area contributed by atoms with Gasteiger partial charge < -0.3 is 24.8 Å². The van der Waals surface area contributed by atoms with E-state index in [0.717, 1.165) is 16.5 Å². The van der Waals surface area contributed by atoms with Crippen LogP contribution in [-0.2, 0) is 15.8 Å². The largest absolute Gasteiger partial charge is 0.496 e. The number of H-pyrrole nitrogens is 1. The van der Waals surface area contributed by atoms with Gasteiger partial charge in [-0.2, -0.15) is 0 Å². The minimum absolute atomic E-state index is 0.125. The first-order valence-electron chi connectivity index (χ1n) is 15.0. The van der Waals surface area contributed by atoms with Gasteiger partial charge in [-0.3, -0.25) is 4.79 Å². The van der Waals surface area contributed by atoms with Crippen LogP contribution in [0, 0.1) is 11.8 Å². The number of ether oxygens (including phenoxy) is 1. The number of nitrogens with one attached hydrogen (secondary N) is 1. The van der Waals surface area contributed by atoms with Crippen molar-refractivity contribution >= 4 is 16.8 Å². The first-order valence-corrected chi connectivity index (χ1v) is 15.0. The van der Waals surface area contributed by atoms with Crippen molar-refractivity contribution in [2.75, 3.05) is 20.2 Å². The van der Waals surface area contributed by atoms with Gasteiger partial charge in [-0.25, -0.2) is 0 Å². The third-order valence-electron chi connectivity index (χ3n) is 10.1. The van der Waals surface area contributed by atoms with Crippen molar-refractivity contribution in [2.24, 2.45) is 11.8 Å². The Morgan fingerprint density at radius 2 is 1.44 bits per heavy atom. The molecular formula is C37H36N2O4. The molecule has 6 heteroatoms. The molecule has 2 fully saturated rings. The molecule has 1 aliphatic carbocycles. The van der Waals surface area contributed by atoms with E-state index in [1.54, 1.807) is 18.2 Å². The van der Waals surface area contributed by atoms with Crippen molar-refractivity contribution in [3.05, 3.63) is 138 Å². The highest BCUT2D eigenvalue weighted by molar-refractivity contribution is 5.91. The summed E-state index contributed by atoms with van der Waals surface area (Å²) in [6.45, 7) is 0.725. The van der Waals surface area contributed by atoms with Gasteiger partial charge in [0, 0.05) is 52.6 Å². The van der Waals surface area contributed by atoms with E-state index in [0.29, 0.717) is 37.2 Å². The first kappa shape index (κ1) is 27.4. The predicted octanol–water partition coefficient (Wildman–Crippen LogP) is 5.95. The van der Waals surface area contributed by atoms with E-state index >= 15 is 0 Å². The molecule has 4 atom stereocenters. The molecule has 0 spiro atoms. The number of aromatic amines is 1. The number of carbonyl (C=O) groups is 1. The molecule has 6 nitrogen and oxygen atoms in total. The van der Waals surface area contributed by atoms with Crippen molar-refractivity contribution in [2.45, 2.75) is 30.0 Å². The molecule has 43 heavy (non-hydrogen) atoms. The number of aliphatic hydroxyl groups excluding tert-OH is 1. The highest BCUT2D eigenvalue weighted by Gasteiger charge is 2.61. The highest BCUT2D eigenvalue weighted by atomic mass is 16.5. The molecule has 1 saturated carbocycles. The molecule has 1 aliphatic heterocycles. The smallest absolute Gasteiger partial charge is 0.256 e. The van der Waals surface area contributed by atoms with Crippen molar-refractivity contribution in [1.82, 2.24) is 9.88 Å². The van der Waals surface area contributed by atoms with Crippen molar-refractivity contribution < 1.29 is 19.7 Å². The lowest BCUT2D eigenvalue weighted by atomic mass is 9.52. The molecular weight excluding hydrogens is 536 g/mol. The minimum atomic E-state index is -1.32. The molecule has 1 saturated heterocycles. The van der Waals surface area contributed by atoms with E-state index in [9.17, 15) is 15.0 Å². The molecule has 0 unspecified atom stereocenters. The lowest BCUT2D eigenvalue weighted by Crippen LogP contribution is -2.53. The number of hydrogen-bond acceptors (Lipinski definition) is 4. The molecule has 1 aromatic heterocycles. The topological polar surface area (TPSA) is 85.8 Å². The van der Waals surface area contributed by atoms with E-state index < -0.39 is 17.1 Å². The lowest BCUT2D eigenvalue weighted by Gasteiger charge is -2.53. The number of fused-ring (bicyclic) bond motifs is 2. The quantitative estimate of drug-likeness (QED) is 0.235. The number of likely N-dealkylation sites (tertiary alicyclic amines) is 1. The van der Waals surface area contributed by atoms with Gasteiger partial charge >= 0.3 is 0 Å². The van der Waals surface area contributed by atoms with Gasteiger partial charge in [0.15, 0.2) is 6.10 Å². The Balaban J connectivity index is 1.35. The average Bonchev–Trinajstić information content (AvgIpc) is 3.72. The molecule has 3 N–H and O–H groups in total. The number of amides is 1. The normalized spacial score (nSPS) is 23.6. The lowest BCUT2D eigenvalue weighted by molar-refractivity contribution is -0.140. The number of benzene rings is 4. The maximum atomic E-state index is 14.1. The second kappa shape index (κ2) is 10.7. The van der Waals surface area contributed by atoms with Crippen molar-refractivity contribution in [3.63, 3.8) is 0 Å². The van der Waals surface area contributed by atoms with Gasteiger partial charge in [-0.05, 0) is 42.0 Å². The van der Waals surface area contributed by atoms with Gasteiger partial charge in [0.1, 0.15) is 5.75 Å². The van der Waals surface area contributed by atoms with E-state index in [4.69, 9.17) is 4.74 Å². The van der Waals surface area contributed by atoms with Crippen LogP contribution in [0.5, 0.6) is 5.75 Å². The molecule has 5 aromatic rings. The molecule has 0 radical (unpaired) electrons. The number of rotatable bonds is 6. The maximum Gasteiger partial charge on any atom is 0.256 e. The molecule has 2 aliphatic rings. The summed E-state index contributed by atoms with van der Waals surface area (Å²) in [5.41, 5.74) is 2.85. The summed E-state index contributed by atoms with van der Waals surface area (Å²) in [5, 5.41) is 25.0. The Morgan fingerprint density at radius 1 is 0.837 bits per heavy atom.